The molecule has 88 valence electrons. The van der Waals surface area contributed by atoms with Crippen LogP contribution in [0.4, 0.5) is 4.39 Å². The summed E-state index contributed by atoms with van der Waals surface area (Å²) >= 11 is 0. The Labute approximate surface area is 99.7 Å². The Morgan fingerprint density at radius 1 is 1.12 bits per heavy atom. The summed E-state index contributed by atoms with van der Waals surface area (Å²) in [7, 11) is 1.80. The van der Waals surface area contributed by atoms with Gasteiger partial charge in [-0.25, -0.2) is 4.39 Å². The van der Waals surface area contributed by atoms with E-state index in [9.17, 15) is 4.39 Å². The zero-order chi connectivity index (χ0) is 12.3. The molecule has 2 rings (SSSR count). The van der Waals surface area contributed by atoms with E-state index in [1.165, 1.54) is 6.20 Å². The Morgan fingerprint density at radius 3 is 2.47 bits per heavy atom. The molecule has 1 atom stereocenters. The van der Waals surface area contributed by atoms with Crippen molar-refractivity contribution in [3.05, 3.63) is 59.4 Å². The minimum atomic E-state index is -0.310. The number of hydrogen-bond donors (Lipinski definition) is 1. The predicted octanol–water partition coefficient (Wildman–Crippen LogP) is 2.23. The second-order valence-electron chi connectivity index (χ2n) is 3.85. The highest BCUT2D eigenvalue weighted by Gasteiger charge is 2.17. The zero-order valence-electron chi connectivity index (χ0n) is 9.81. The predicted molar refractivity (Wildman–Crippen MR) is 64.1 cm³/mol. The van der Waals surface area contributed by atoms with Gasteiger partial charge >= 0.3 is 0 Å². The Kier molecular flexibility index (Phi) is 3.44. The van der Waals surface area contributed by atoms with Crippen LogP contribution in [0.25, 0.3) is 0 Å². The lowest BCUT2D eigenvalue weighted by Crippen LogP contribution is -2.20. The summed E-state index contributed by atoms with van der Waals surface area (Å²) in [6.07, 6.45) is 6.31. The lowest BCUT2D eigenvalue weighted by atomic mass is 9.97. The largest absolute Gasteiger partial charge is 0.309 e. The molecule has 0 aliphatic rings. The normalized spacial score (nSPS) is 12.4. The van der Waals surface area contributed by atoms with E-state index in [2.05, 4.69) is 15.3 Å². The van der Waals surface area contributed by atoms with E-state index < -0.39 is 0 Å². The number of nitrogens with one attached hydrogen (secondary N) is 1. The van der Waals surface area contributed by atoms with Gasteiger partial charge in [-0.2, -0.15) is 0 Å². The van der Waals surface area contributed by atoms with Crippen molar-refractivity contribution >= 4 is 0 Å². The molecule has 0 aliphatic carbocycles. The van der Waals surface area contributed by atoms with Gasteiger partial charge in [0.05, 0.1) is 12.2 Å². The monoisotopic (exact) mass is 231 g/mol. The smallest absolute Gasteiger partial charge is 0.146 e. The van der Waals surface area contributed by atoms with Crippen LogP contribution in [0.2, 0.25) is 0 Å². The molecule has 0 radical (unpaired) electrons. The van der Waals surface area contributed by atoms with Crippen molar-refractivity contribution in [3.63, 3.8) is 0 Å². The van der Waals surface area contributed by atoms with Crippen molar-refractivity contribution in [2.24, 2.45) is 0 Å². The van der Waals surface area contributed by atoms with Gasteiger partial charge in [0.1, 0.15) is 5.82 Å². The number of hydrogen-bond acceptors (Lipinski definition) is 3. The number of rotatable bonds is 3. The second-order valence-corrected chi connectivity index (χ2v) is 3.85. The van der Waals surface area contributed by atoms with Gasteiger partial charge in [-0.1, -0.05) is 0 Å². The Balaban J connectivity index is 2.48. The molecule has 0 saturated carbocycles. The van der Waals surface area contributed by atoms with Crippen molar-refractivity contribution in [2.45, 2.75) is 13.0 Å². The Bertz CT molecular complexity index is 468. The molecule has 2 aromatic rings. The fraction of sp³-hybridized carbons (Fsp3) is 0.231. The maximum atomic E-state index is 13.7. The average Bonchev–Trinajstić information content (AvgIpc) is 2.34. The van der Waals surface area contributed by atoms with Crippen LogP contribution >= 0.6 is 0 Å². The first-order valence-electron chi connectivity index (χ1n) is 5.41. The van der Waals surface area contributed by atoms with Crippen LogP contribution in [0.3, 0.4) is 0 Å². The molecular weight excluding hydrogens is 217 g/mol. The fourth-order valence-electron chi connectivity index (χ4n) is 1.88. The quantitative estimate of drug-likeness (QED) is 0.880. The molecule has 0 fully saturated rings. The third-order valence-corrected chi connectivity index (χ3v) is 2.79. The van der Waals surface area contributed by atoms with Crippen LogP contribution in [0.15, 0.2) is 36.9 Å². The third kappa shape index (κ3) is 2.31. The SMILES string of the molecule is CNC(c1cnccc1C)c1ccncc1F. The lowest BCUT2D eigenvalue weighted by molar-refractivity contribution is 0.569. The summed E-state index contributed by atoms with van der Waals surface area (Å²) in [5.74, 6) is -0.310. The van der Waals surface area contributed by atoms with Crippen molar-refractivity contribution in [2.75, 3.05) is 7.05 Å². The summed E-state index contributed by atoms with van der Waals surface area (Å²) in [4.78, 5) is 7.85. The van der Waals surface area contributed by atoms with Crippen molar-refractivity contribution in [3.8, 4) is 0 Å². The molecule has 17 heavy (non-hydrogen) atoms. The van der Waals surface area contributed by atoms with E-state index in [0.29, 0.717) is 5.56 Å². The molecule has 0 bridgehead atoms. The molecule has 1 unspecified atom stereocenters. The highest BCUT2D eigenvalue weighted by molar-refractivity contribution is 5.34. The average molecular weight is 231 g/mol. The van der Waals surface area contributed by atoms with Crippen LogP contribution in [-0.4, -0.2) is 17.0 Å². The van der Waals surface area contributed by atoms with Crippen LogP contribution in [0, 0.1) is 12.7 Å². The third-order valence-electron chi connectivity index (χ3n) is 2.79. The summed E-state index contributed by atoms with van der Waals surface area (Å²) in [6, 6.07) is 3.40. The maximum absolute atomic E-state index is 13.7. The number of aryl methyl sites for hydroxylation is 1. The maximum Gasteiger partial charge on any atom is 0.146 e. The number of nitrogens with zero attached hydrogens (tertiary/aromatic N) is 2. The molecule has 1 N–H and O–H groups in total. The topological polar surface area (TPSA) is 37.8 Å². The minimum Gasteiger partial charge on any atom is -0.309 e. The van der Waals surface area contributed by atoms with E-state index in [1.807, 2.05) is 13.0 Å². The summed E-state index contributed by atoms with van der Waals surface area (Å²) in [6.45, 7) is 1.99. The van der Waals surface area contributed by atoms with Crippen LogP contribution in [0.5, 0.6) is 0 Å². The lowest BCUT2D eigenvalue weighted by Gasteiger charge is -2.19. The number of halogens is 1. The molecule has 4 heteroatoms. The summed E-state index contributed by atoms with van der Waals surface area (Å²) in [5.41, 5.74) is 2.63. The highest BCUT2D eigenvalue weighted by Crippen LogP contribution is 2.25. The first-order valence-corrected chi connectivity index (χ1v) is 5.41. The van der Waals surface area contributed by atoms with E-state index >= 15 is 0 Å². The van der Waals surface area contributed by atoms with E-state index in [4.69, 9.17) is 0 Å². The molecule has 0 spiro atoms. The first-order chi connectivity index (χ1) is 8.24. The molecule has 2 heterocycles. The van der Waals surface area contributed by atoms with Crippen LogP contribution < -0.4 is 5.32 Å². The molecule has 2 aromatic heterocycles. The van der Waals surface area contributed by atoms with Crippen LogP contribution in [-0.2, 0) is 0 Å². The standard InChI is InChI=1S/C13H14FN3/c1-9-3-5-16-7-11(9)13(15-2)10-4-6-17-8-12(10)14/h3-8,13,15H,1-2H3. The van der Waals surface area contributed by atoms with E-state index in [0.717, 1.165) is 11.1 Å². The Hall–Kier alpha value is -1.81. The second kappa shape index (κ2) is 5.01. The minimum absolute atomic E-state index is 0.202. The van der Waals surface area contributed by atoms with Gasteiger partial charge in [-0.3, -0.25) is 9.97 Å². The Morgan fingerprint density at radius 2 is 1.82 bits per heavy atom. The molecule has 0 aliphatic heterocycles. The highest BCUT2D eigenvalue weighted by atomic mass is 19.1. The van der Waals surface area contributed by atoms with Gasteiger partial charge < -0.3 is 5.32 Å². The van der Waals surface area contributed by atoms with Gasteiger partial charge in [0.25, 0.3) is 0 Å². The zero-order valence-corrected chi connectivity index (χ0v) is 9.81. The number of aromatic nitrogens is 2. The van der Waals surface area contributed by atoms with E-state index in [-0.39, 0.29) is 11.9 Å². The van der Waals surface area contributed by atoms with E-state index in [1.54, 1.807) is 31.7 Å². The molecule has 0 aromatic carbocycles. The van der Waals surface area contributed by atoms with Crippen molar-refractivity contribution in [1.29, 1.82) is 0 Å². The van der Waals surface area contributed by atoms with Gasteiger partial charge in [0.15, 0.2) is 0 Å². The molecule has 3 nitrogen and oxygen atoms in total. The summed E-state index contributed by atoms with van der Waals surface area (Å²) < 4.78 is 13.7. The van der Waals surface area contributed by atoms with Gasteiger partial charge in [-0.15, -0.1) is 0 Å². The first kappa shape index (κ1) is 11.7. The van der Waals surface area contributed by atoms with Gasteiger partial charge in [0.2, 0.25) is 0 Å². The molecule has 0 amide bonds. The number of pyridine rings is 2. The molecular formula is C13H14FN3. The summed E-state index contributed by atoms with van der Waals surface area (Å²) in [5, 5.41) is 3.11. The molecule has 0 saturated heterocycles. The van der Waals surface area contributed by atoms with Crippen molar-refractivity contribution in [1.82, 2.24) is 15.3 Å². The van der Waals surface area contributed by atoms with Gasteiger partial charge in [0, 0.05) is 24.2 Å². The van der Waals surface area contributed by atoms with Gasteiger partial charge in [-0.05, 0) is 37.2 Å². The fourth-order valence-corrected chi connectivity index (χ4v) is 1.88. The van der Waals surface area contributed by atoms with Crippen LogP contribution in [0.1, 0.15) is 22.7 Å². The van der Waals surface area contributed by atoms with Crippen molar-refractivity contribution < 1.29 is 4.39 Å².